The molecule has 3 rings (SSSR count). The van der Waals surface area contributed by atoms with Gasteiger partial charge in [-0.15, -0.1) is 0 Å². The summed E-state index contributed by atoms with van der Waals surface area (Å²) in [5.41, 5.74) is 3.06. The molecule has 0 radical (unpaired) electrons. The minimum absolute atomic E-state index is 0.476. The van der Waals surface area contributed by atoms with Crippen molar-refractivity contribution in [2.24, 2.45) is 0 Å². The highest BCUT2D eigenvalue weighted by Crippen LogP contribution is 2.25. The van der Waals surface area contributed by atoms with Crippen molar-refractivity contribution in [2.75, 3.05) is 5.32 Å². The van der Waals surface area contributed by atoms with Crippen molar-refractivity contribution in [1.82, 2.24) is 0 Å². The Bertz CT molecular complexity index is 867. The Hall–Kier alpha value is -1.87. The molecule has 0 spiro atoms. The first-order chi connectivity index (χ1) is 12.1. The van der Waals surface area contributed by atoms with Gasteiger partial charge in [0.1, 0.15) is 12.4 Å². The number of nitrogens with one attached hydrogen (secondary N) is 1. The van der Waals surface area contributed by atoms with E-state index in [0.717, 1.165) is 22.6 Å². The van der Waals surface area contributed by atoms with Gasteiger partial charge in [0.15, 0.2) is 0 Å². The Kier molecular flexibility index (Phi) is 6.09. The molecule has 0 unspecified atom stereocenters. The van der Waals surface area contributed by atoms with E-state index in [1.54, 1.807) is 6.07 Å². The lowest BCUT2D eigenvalue weighted by molar-refractivity contribution is 0.306. The highest BCUT2D eigenvalue weighted by Gasteiger charge is 2.02. The number of hydrogen-bond acceptors (Lipinski definition) is 2. The Morgan fingerprint density at radius 3 is 2.36 bits per heavy atom. The fourth-order valence-corrected chi connectivity index (χ4v) is 2.86. The van der Waals surface area contributed by atoms with Gasteiger partial charge in [-0.3, -0.25) is 0 Å². The maximum atomic E-state index is 6.03. The molecule has 2 nitrogen and oxygen atoms in total. The molecule has 3 aromatic rings. The van der Waals surface area contributed by atoms with Crippen LogP contribution in [0.25, 0.3) is 0 Å². The summed E-state index contributed by atoms with van der Waals surface area (Å²) >= 11 is 17.9. The molecule has 5 heteroatoms. The standard InChI is InChI=1S/C20H16Cl3NO/c21-16-5-1-4-15(9-16)13-25-18-6-2-3-14(10-18)12-24-17-7-8-19(22)20(23)11-17/h1-11,24H,12-13H2. The fourth-order valence-electron chi connectivity index (χ4n) is 2.35. The van der Waals surface area contributed by atoms with Gasteiger partial charge >= 0.3 is 0 Å². The molecule has 128 valence electrons. The average molecular weight is 393 g/mol. The lowest BCUT2D eigenvalue weighted by Crippen LogP contribution is -2.00. The first-order valence-corrected chi connectivity index (χ1v) is 8.89. The molecule has 0 amide bonds. The van der Waals surface area contributed by atoms with Crippen molar-refractivity contribution >= 4 is 40.5 Å². The van der Waals surface area contributed by atoms with Gasteiger partial charge in [-0.2, -0.15) is 0 Å². The van der Waals surface area contributed by atoms with Gasteiger partial charge in [0.05, 0.1) is 10.0 Å². The van der Waals surface area contributed by atoms with Crippen molar-refractivity contribution < 1.29 is 4.74 Å². The van der Waals surface area contributed by atoms with Crippen LogP contribution in [0.5, 0.6) is 5.75 Å². The molecular formula is C20H16Cl3NO. The van der Waals surface area contributed by atoms with Gasteiger partial charge in [-0.25, -0.2) is 0 Å². The summed E-state index contributed by atoms with van der Waals surface area (Å²) in [6.07, 6.45) is 0. The summed E-state index contributed by atoms with van der Waals surface area (Å²) in [5.74, 6) is 0.813. The quantitative estimate of drug-likeness (QED) is 0.496. The Morgan fingerprint density at radius 1 is 0.760 bits per heavy atom. The maximum absolute atomic E-state index is 6.03. The summed E-state index contributed by atoms with van der Waals surface area (Å²) in [6, 6.07) is 21.1. The van der Waals surface area contributed by atoms with Gasteiger partial charge in [0.25, 0.3) is 0 Å². The number of anilines is 1. The fraction of sp³-hybridized carbons (Fsp3) is 0.100. The first-order valence-electron chi connectivity index (χ1n) is 7.75. The number of halogens is 3. The molecule has 0 atom stereocenters. The molecule has 3 aromatic carbocycles. The van der Waals surface area contributed by atoms with Crippen molar-refractivity contribution in [2.45, 2.75) is 13.2 Å². The molecular weight excluding hydrogens is 377 g/mol. The van der Waals surface area contributed by atoms with Crippen LogP contribution < -0.4 is 10.1 Å². The van der Waals surface area contributed by atoms with Crippen LogP contribution in [0, 0.1) is 0 Å². The molecule has 25 heavy (non-hydrogen) atoms. The van der Waals surface area contributed by atoms with E-state index in [1.165, 1.54) is 0 Å². The summed E-state index contributed by atoms with van der Waals surface area (Å²) in [7, 11) is 0. The van der Waals surface area contributed by atoms with Crippen molar-refractivity contribution in [3.63, 3.8) is 0 Å². The predicted molar refractivity (Wildman–Crippen MR) is 106 cm³/mol. The second-order valence-electron chi connectivity index (χ2n) is 5.55. The van der Waals surface area contributed by atoms with E-state index in [-0.39, 0.29) is 0 Å². The van der Waals surface area contributed by atoms with E-state index < -0.39 is 0 Å². The molecule has 0 saturated heterocycles. The van der Waals surface area contributed by atoms with E-state index in [0.29, 0.717) is 28.2 Å². The molecule has 0 aliphatic carbocycles. The SMILES string of the molecule is Clc1cccc(COc2cccc(CNc3ccc(Cl)c(Cl)c3)c2)c1. The smallest absolute Gasteiger partial charge is 0.120 e. The van der Waals surface area contributed by atoms with Gasteiger partial charge in [0, 0.05) is 17.3 Å². The first kappa shape index (κ1) is 17.9. The van der Waals surface area contributed by atoms with Crippen LogP contribution in [0.1, 0.15) is 11.1 Å². The van der Waals surface area contributed by atoms with E-state index in [9.17, 15) is 0 Å². The lowest BCUT2D eigenvalue weighted by Gasteiger charge is -2.10. The number of benzene rings is 3. The molecule has 1 N–H and O–H groups in total. The van der Waals surface area contributed by atoms with E-state index >= 15 is 0 Å². The summed E-state index contributed by atoms with van der Waals surface area (Å²) in [5, 5.41) is 5.11. The van der Waals surface area contributed by atoms with E-state index in [2.05, 4.69) is 5.32 Å². The average Bonchev–Trinajstić information content (AvgIpc) is 2.61. The third-order valence-corrected chi connectivity index (χ3v) is 4.58. The van der Waals surface area contributed by atoms with Crippen LogP contribution in [-0.2, 0) is 13.2 Å². The molecule has 0 fully saturated rings. The summed E-state index contributed by atoms with van der Waals surface area (Å²) in [6.45, 7) is 1.14. The Balaban J connectivity index is 1.60. The second-order valence-corrected chi connectivity index (χ2v) is 6.80. The van der Waals surface area contributed by atoms with Gasteiger partial charge < -0.3 is 10.1 Å². The lowest BCUT2D eigenvalue weighted by atomic mass is 10.2. The van der Waals surface area contributed by atoms with Crippen LogP contribution in [0.2, 0.25) is 15.1 Å². The third-order valence-electron chi connectivity index (χ3n) is 3.61. The maximum Gasteiger partial charge on any atom is 0.120 e. The monoisotopic (exact) mass is 391 g/mol. The van der Waals surface area contributed by atoms with Crippen LogP contribution in [0.3, 0.4) is 0 Å². The minimum atomic E-state index is 0.476. The van der Waals surface area contributed by atoms with Crippen LogP contribution in [0.15, 0.2) is 66.7 Å². The van der Waals surface area contributed by atoms with Crippen molar-refractivity contribution in [3.8, 4) is 5.75 Å². The number of ether oxygens (including phenoxy) is 1. The molecule has 0 aliphatic heterocycles. The largest absolute Gasteiger partial charge is 0.489 e. The van der Waals surface area contributed by atoms with Crippen molar-refractivity contribution in [1.29, 1.82) is 0 Å². The van der Waals surface area contributed by atoms with Crippen LogP contribution >= 0.6 is 34.8 Å². The van der Waals surface area contributed by atoms with E-state index in [4.69, 9.17) is 39.5 Å². The molecule has 0 aromatic heterocycles. The minimum Gasteiger partial charge on any atom is -0.489 e. The molecule has 0 bridgehead atoms. The third kappa shape index (κ3) is 5.30. The van der Waals surface area contributed by atoms with Crippen LogP contribution in [-0.4, -0.2) is 0 Å². The summed E-state index contributed by atoms with van der Waals surface area (Å²) < 4.78 is 5.85. The zero-order valence-corrected chi connectivity index (χ0v) is 15.6. The van der Waals surface area contributed by atoms with Crippen LogP contribution in [0.4, 0.5) is 5.69 Å². The number of rotatable bonds is 6. The summed E-state index contributed by atoms with van der Waals surface area (Å²) in [4.78, 5) is 0. The molecule has 0 heterocycles. The zero-order chi connectivity index (χ0) is 17.6. The van der Waals surface area contributed by atoms with Crippen molar-refractivity contribution in [3.05, 3.63) is 92.9 Å². The molecule has 0 saturated carbocycles. The topological polar surface area (TPSA) is 21.3 Å². The van der Waals surface area contributed by atoms with Gasteiger partial charge in [0.2, 0.25) is 0 Å². The highest BCUT2D eigenvalue weighted by molar-refractivity contribution is 6.42. The zero-order valence-electron chi connectivity index (χ0n) is 13.3. The Labute approximate surface area is 162 Å². The predicted octanol–water partition coefficient (Wildman–Crippen LogP) is 6.84. The highest BCUT2D eigenvalue weighted by atomic mass is 35.5. The van der Waals surface area contributed by atoms with E-state index in [1.807, 2.05) is 60.7 Å². The van der Waals surface area contributed by atoms with Gasteiger partial charge in [-0.1, -0.05) is 59.1 Å². The second kappa shape index (κ2) is 8.48. The normalized spacial score (nSPS) is 10.5. The van der Waals surface area contributed by atoms with Gasteiger partial charge in [-0.05, 0) is 53.6 Å². The Morgan fingerprint density at radius 2 is 1.56 bits per heavy atom. The number of hydrogen-bond donors (Lipinski definition) is 1. The molecule has 0 aliphatic rings.